The van der Waals surface area contributed by atoms with Crippen molar-refractivity contribution in [2.45, 2.75) is 19.8 Å². The Kier molecular flexibility index (Phi) is 5.50. The van der Waals surface area contributed by atoms with Crippen molar-refractivity contribution in [1.29, 1.82) is 0 Å². The van der Waals surface area contributed by atoms with Gasteiger partial charge in [0.05, 0.1) is 6.21 Å². The van der Waals surface area contributed by atoms with Crippen molar-refractivity contribution in [3.05, 3.63) is 48.0 Å². The standard InChI is InChI=1S/C16H19N3S/c1-2-3-10-17-16(20)19-18-12-13-8-9-14-6-4-5-7-15(14)11-13/h4-9,11-12H,2-3,10H2,1H3,(H2,17,19,20)/b18-12-. The minimum absolute atomic E-state index is 0.565. The van der Waals surface area contributed by atoms with Gasteiger partial charge in [-0.25, -0.2) is 0 Å². The van der Waals surface area contributed by atoms with Crippen LogP contribution in [-0.2, 0) is 0 Å². The van der Waals surface area contributed by atoms with E-state index in [9.17, 15) is 0 Å². The molecule has 104 valence electrons. The van der Waals surface area contributed by atoms with Gasteiger partial charge in [0, 0.05) is 6.54 Å². The lowest BCUT2D eigenvalue weighted by molar-refractivity contribution is 0.745. The summed E-state index contributed by atoms with van der Waals surface area (Å²) in [4.78, 5) is 0. The third kappa shape index (κ3) is 4.31. The first-order valence-electron chi connectivity index (χ1n) is 6.85. The molecular formula is C16H19N3S. The van der Waals surface area contributed by atoms with E-state index in [4.69, 9.17) is 12.2 Å². The quantitative estimate of drug-likeness (QED) is 0.382. The first kappa shape index (κ1) is 14.5. The highest BCUT2D eigenvalue weighted by molar-refractivity contribution is 7.80. The molecule has 0 radical (unpaired) electrons. The number of hydrogen-bond donors (Lipinski definition) is 2. The number of hydrogen-bond acceptors (Lipinski definition) is 2. The van der Waals surface area contributed by atoms with Gasteiger partial charge in [0.1, 0.15) is 0 Å². The van der Waals surface area contributed by atoms with Crippen molar-refractivity contribution >= 4 is 34.3 Å². The van der Waals surface area contributed by atoms with Crippen LogP contribution in [0.3, 0.4) is 0 Å². The Morgan fingerprint density at radius 1 is 1.20 bits per heavy atom. The Bertz CT molecular complexity index is 607. The molecule has 0 aliphatic rings. The predicted molar refractivity (Wildman–Crippen MR) is 90.2 cm³/mol. The molecule has 3 nitrogen and oxygen atoms in total. The van der Waals surface area contributed by atoms with Gasteiger partial charge in [-0.2, -0.15) is 5.10 Å². The zero-order valence-electron chi connectivity index (χ0n) is 11.6. The van der Waals surface area contributed by atoms with Crippen molar-refractivity contribution in [2.75, 3.05) is 6.54 Å². The fourth-order valence-electron chi connectivity index (χ4n) is 1.87. The summed E-state index contributed by atoms with van der Waals surface area (Å²) in [6.07, 6.45) is 4.03. The van der Waals surface area contributed by atoms with Crippen LogP contribution in [0.4, 0.5) is 0 Å². The highest BCUT2D eigenvalue weighted by Gasteiger charge is 1.94. The number of rotatable bonds is 5. The second-order valence-electron chi connectivity index (χ2n) is 4.59. The van der Waals surface area contributed by atoms with E-state index in [-0.39, 0.29) is 0 Å². The van der Waals surface area contributed by atoms with Crippen molar-refractivity contribution in [3.8, 4) is 0 Å². The van der Waals surface area contributed by atoms with Crippen molar-refractivity contribution < 1.29 is 0 Å². The number of unbranched alkanes of at least 4 members (excludes halogenated alkanes) is 1. The van der Waals surface area contributed by atoms with E-state index in [0.717, 1.165) is 24.9 Å². The largest absolute Gasteiger partial charge is 0.361 e. The van der Waals surface area contributed by atoms with E-state index in [2.05, 4.69) is 47.0 Å². The lowest BCUT2D eigenvalue weighted by Crippen LogP contribution is -2.32. The molecule has 0 atom stereocenters. The molecule has 0 aliphatic carbocycles. The topological polar surface area (TPSA) is 36.4 Å². The maximum Gasteiger partial charge on any atom is 0.186 e. The summed E-state index contributed by atoms with van der Waals surface area (Å²) in [7, 11) is 0. The van der Waals surface area contributed by atoms with E-state index in [0.29, 0.717) is 5.11 Å². The summed E-state index contributed by atoms with van der Waals surface area (Å²) in [6, 6.07) is 14.5. The van der Waals surface area contributed by atoms with Crippen molar-refractivity contribution in [1.82, 2.24) is 10.7 Å². The van der Waals surface area contributed by atoms with E-state index >= 15 is 0 Å². The monoisotopic (exact) mass is 285 g/mol. The second kappa shape index (κ2) is 7.60. The van der Waals surface area contributed by atoms with Crippen LogP contribution in [0.2, 0.25) is 0 Å². The van der Waals surface area contributed by atoms with Gasteiger partial charge in [-0.3, -0.25) is 5.43 Å². The zero-order valence-corrected chi connectivity index (χ0v) is 12.4. The van der Waals surface area contributed by atoms with Crippen molar-refractivity contribution in [3.63, 3.8) is 0 Å². The van der Waals surface area contributed by atoms with Crippen LogP contribution in [-0.4, -0.2) is 17.9 Å². The van der Waals surface area contributed by atoms with Crippen LogP contribution in [0.25, 0.3) is 10.8 Å². The molecule has 0 heterocycles. The van der Waals surface area contributed by atoms with Crippen LogP contribution in [0.5, 0.6) is 0 Å². The molecule has 0 saturated carbocycles. The lowest BCUT2D eigenvalue weighted by Gasteiger charge is -2.05. The van der Waals surface area contributed by atoms with Gasteiger partial charge in [0.15, 0.2) is 5.11 Å². The third-order valence-electron chi connectivity index (χ3n) is 2.97. The lowest BCUT2D eigenvalue weighted by atomic mass is 10.1. The average Bonchev–Trinajstić information content (AvgIpc) is 2.47. The first-order valence-corrected chi connectivity index (χ1v) is 7.26. The molecule has 2 rings (SSSR count). The molecule has 0 amide bonds. The van der Waals surface area contributed by atoms with Crippen molar-refractivity contribution in [2.24, 2.45) is 5.10 Å². The number of thiocarbonyl (C=S) groups is 1. The second-order valence-corrected chi connectivity index (χ2v) is 4.99. The van der Waals surface area contributed by atoms with Gasteiger partial charge in [0.25, 0.3) is 0 Å². The van der Waals surface area contributed by atoms with Gasteiger partial charge in [0.2, 0.25) is 0 Å². The molecule has 2 N–H and O–H groups in total. The summed E-state index contributed by atoms with van der Waals surface area (Å²) in [5, 5.41) is 10.3. The average molecular weight is 285 g/mol. The van der Waals surface area contributed by atoms with Gasteiger partial charge in [-0.05, 0) is 41.0 Å². The molecule has 2 aromatic carbocycles. The number of nitrogens with zero attached hydrogens (tertiary/aromatic N) is 1. The van der Waals surface area contributed by atoms with Gasteiger partial charge < -0.3 is 5.32 Å². The molecule has 20 heavy (non-hydrogen) atoms. The van der Waals surface area contributed by atoms with Crippen LogP contribution in [0.15, 0.2) is 47.6 Å². The zero-order chi connectivity index (χ0) is 14.2. The summed E-state index contributed by atoms with van der Waals surface area (Å²) < 4.78 is 0. The van der Waals surface area contributed by atoms with Gasteiger partial charge >= 0.3 is 0 Å². The number of hydrazone groups is 1. The van der Waals surface area contributed by atoms with E-state index < -0.39 is 0 Å². The van der Waals surface area contributed by atoms with Crippen LogP contribution >= 0.6 is 12.2 Å². The van der Waals surface area contributed by atoms with E-state index in [1.165, 1.54) is 10.8 Å². The smallest absolute Gasteiger partial charge is 0.186 e. The van der Waals surface area contributed by atoms with Gasteiger partial charge in [-0.15, -0.1) is 0 Å². The van der Waals surface area contributed by atoms with Crippen LogP contribution < -0.4 is 10.7 Å². The van der Waals surface area contributed by atoms with E-state index in [1.807, 2.05) is 18.2 Å². The summed E-state index contributed by atoms with van der Waals surface area (Å²) in [5.41, 5.74) is 3.88. The molecule has 0 spiro atoms. The fraction of sp³-hybridized carbons (Fsp3) is 0.250. The Labute approximate surface area is 125 Å². The molecule has 0 aromatic heterocycles. The SMILES string of the molecule is CCCCNC(=S)N/N=C\c1ccc2ccccc2c1. The molecular weight excluding hydrogens is 266 g/mol. The summed E-state index contributed by atoms with van der Waals surface area (Å²) in [6.45, 7) is 3.03. The molecule has 0 aliphatic heterocycles. The maximum absolute atomic E-state index is 5.12. The number of fused-ring (bicyclic) bond motifs is 1. The van der Waals surface area contributed by atoms with Crippen LogP contribution in [0.1, 0.15) is 25.3 Å². The molecule has 4 heteroatoms. The van der Waals surface area contributed by atoms with E-state index in [1.54, 1.807) is 6.21 Å². The molecule has 2 aromatic rings. The number of benzene rings is 2. The van der Waals surface area contributed by atoms with Gasteiger partial charge in [-0.1, -0.05) is 49.7 Å². The summed E-state index contributed by atoms with van der Waals surface area (Å²) in [5.74, 6) is 0. The Hall–Kier alpha value is -1.94. The molecule has 0 fully saturated rings. The normalized spacial score (nSPS) is 10.8. The minimum atomic E-state index is 0.565. The first-order chi connectivity index (χ1) is 9.79. The molecule has 0 saturated heterocycles. The van der Waals surface area contributed by atoms with Crippen LogP contribution in [0, 0.1) is 0 Å². The number of nitrogens with one attached hydrogen (secondary N) is 2. The minimum Gasteiger partial charge on any atom is -0.361 e. The molecule has 0 bridgehead atoms. The Morgan fingerprint density at radius 2 is 2.00 bits per heavy atom. The Balaban J connectivity index is 1.91. The maximum atomic E-state index is 5.12. The third-order valence-corrected chi connectivity index (χ3v) is 3.20. The fourth-order valence-corrected chi connectivity index (χ4v) is 2.03. The molecule has 0 unspecified atom stereocenters. The summed E-state index contributed by atoms with van der Waals surface area (Å²) >= 11 is 5.12. The highest BCUT2D eigenvalue weighted by Crippen LogP contribution is 2.14. The highest BCUT2D eigenvalue weighted by atomic mass is 32.1. The predicted octanol–water partition coefficient (Wildman–Crippen LogP) is 3.44. The Morgan fingerprint density at radius 3 is 2.80 bits per heavy atom.